The van der Waals surface area contributed by atoms with Crippen LogP contribution >= 0.6 is 11.8 Å². The molecule has 1 saturated heterocycles. The number of aromatic nitrogens is 2. The third-order valence-corrected chi connectivity index (χ3v) is 7.44. The highest BCUT2D eigenvalue weighted by Crippen LogP contribution is 2.23. The summed E-state index contributed by atoms with van der Waals surface area (Å²) in [5.74, 6) is -0.211. The molecule has 1 amide bonds. The lowest BCUT2D eigenvalue weighted by molar-refractivity contribution is -0.116. The van der Waals surface area contributed by atoms with Gasteiger partial charge in [-0.1, -0.05) is 23.9 Å². The predicted molar refractivity (Wildman–Crippen MR) is 116 cm³/mol. The van der Waals surface area contributed by atoms with Crippen molar-refractivity contribution in [3.63, 3.8) is 0 Å². The van der Waals surface area contributed by atoms with Gasteiger partial charge in [-0.3, -0.25) is 4.79 Å². The lowest BCUT2D eigenvalue weighted by atomic mass is 10.3. The molecule has 2 heterocycles. The quantitative estimate of drug-likeness (QED) is 0.585. The number of amides is 1. The van der Waals surface area contributed by atoms with Gasteiger partial charge in [0.15, 0.2) is 5.16 Å². The number of anilines is 1. The van der Waals surface area contributed by atoms with Gasteiger partial charge in [-0.25, -0.2) is 13.4 Å². The molecule has 10 heteroatoms. The summed E-state index contributed by atoms with van der Waals surface area (Å²) in [5, 5.41) is 3.59. The number of carbonyl (C=O) groups is 1. The Labute approximate surface area is 179 Å². The minimum Gasteiger partial charge on any atom is -0.379 e. The van der Waals surface area contributed by atoms with Crippen molar-refractivity contribution in [1.82, 2.24) is 13.9 Å². The second-order valence-electron chi connectivity index (χ2n) is 6.76. The van der Waals surface area contributed by atoms with E-state index in [2.05, 4.69) is 10.3 Å². The third kappa shape index (κ3) is 4.22. The SMILES string of the molecule is CSc1nc2ccccc2n1CC(=O)Nc1ccc(S(=O)(=O)N2CCOCC2)cc1. The maximum atomic E-state index is 12.7. The van der Waals surface area contributed by atoms with E-state index in [0.717, 1.165) is 16.2 Å². The van der Waals surface area contributed by atoms with Gasteiger partial charge in [0.05, 0.1) is 29.1 Å². The molecule has 8 nitrogen and oxygen atoms in total. The molecule has 0 saturated carbocycles. The molecule has 1 N–H and O–H groups in total. The van der Waals surface area contributed by atoms with Crippen LogP contribution in [0.15, 0.2) is 58.6 Å². The number of rotatable bonds is 6. The second kappa shape index (κ2) is 8.76. The summed E-state index contributed by atoms with van der Waals surface area (Å²) in [6.45, 7) is 1.60. The van der Waals surface area contributed by atoms with Crippen LogP contribution in [-0.4, -0.2) is 60.7 Å². The van der Waals surface area contributed by atoms with Crippen LogP contribution in [0.2, 0.25) is 0 Å². The van der Waals surface area contributed by atoms with Crippen molar-refractivity contribution in [3.05, 3.63) is 48.5 Å². The van der Waals surface area contributed by atoms with E-state index in [0.29, 0.717) is 32.0 Å². The fourth-order valence-electron chi connectivity index (χ4n) is 3.35. The largest absolute Gasteiger partial charge is 0.379 e. The molecule has 0 radical (unpaired) electrons. The normalized spacial score (nSPS) is 15.4. The highest BCUT2D eigenvalue weighted by molar-refractivity contribution is 7.98. The Bertz CT molecular complexity index is 1150. The second-order valence-corrected chi connectivity index (χ2v) is 9.47. The van der Waals surface area contributed by atoms with E-state index < -0.39 is 10.0 Å². The van der Waals surface area contributed by atoms with E-state index in [9.17, 15) is 13.2 Å². The van der Waals surface area contributed by atoms with Crippen LogP contribution in [0.5, 0.6) is 0 Å². The molecule has 0 aliphatic carbocycles. The molecule has 1 aliphatic rings. The molecule has 0 unspecified atom stereocenters. The van der Waals surface area contributed by atoms with Crippen molar-refractivity contribution in [1.29, 1.82) is 0 Å². The van der Waals surface area contributed by atoms with E-state index in [-0.39, 0.29) is 17.3 Å². The van der Waals surface area contributed by atoms with Gasteiger partial charge in [-0.05, 0) is 42.7 Å². The number of morpholine rings is 1. The first-order valence-electron chi connectivity index (χ1n) is 9.46. The maximum absolute atomic E-state index is 12.7. The van der Waals surface area contributed by atoms with Crippen LogP contribution in [-0.2, 0) is 26.1 Å². The molecular weight excluding hydrogens is 424 g/mol. The first-order chi connectivity index (χ1) is 14.5. The van der Waals surface area contributed by atoms with Gasteiger partial charge in [0.1, 0.15) is 6.54 Å². The first-order valence-corrected chi connectivity index (χ1v) is 12.1. The van der Waals surface area contributed by atoms with E-state index in [1.807, 2.05) is 35.1 Å². The van der Waals surface area contributed by atoms with Crippen LogP contribution in [0.1, 0.15) is 0 Å². The van der Waals surface area contributed by atoms with Crippen molar-refractivity contribution in [2.45, 2.75) is 16.6 Å². The first kappa shape index (κ1) is 20.9. The number of benzene rings is 2. The number of fused-ring (bicyclic) bond motifs is 1. The highest BCUT2D eigenvalue weighted by atomic mass is 32.2. The van der Waals surface area contributed by atoms with Gasteiger partial charge in [-0.2, -0.15) is 4.31 Å². The Kier molecular flexibility index (Phi) is 6.09. The average molecular weight is 447 g/mol. The number of hydrogen-bond acceptors (Lipinski definition) is 6. The molecule has 1 aromatic heterocycles. The molecular formula is C20H22N4O4S2. The summed E-state index contributed by atoms with van der Waals surface area (Å²) >= 11 is 1.48. The van der Waals surface area contributed by atoms with Gasteiger partial charge in [-0.15, -0.1) is 0 Å². The number of nitrogens with one attached hydrogen (secondary N) is 1. The maximum Gasteiger partial charge on any atom is 0.244 e. The number of ether oxygens (including phenoxy) is 1. The monoisotopic (exact) mass is 446 g/mol. The van der Waals surface area contributed by atoms with Crippen LogP contribution in [0.4, 0.5) is 5.69 Å². The fraction of sp³-hybridized carbons (Fsp3) is 0.300. The van der Waals surface area contributed by atoms with Gasteiger partial charge < -0.3 is 14.6 Å². The molecule has 2 aromatic carbocycles. The van der Waals surface area contributed by atoms with Gasteiger partial charge in [0.2, 0.25) is 15.9 Å². The average Bonchev–Trinajstić information content (AvgIpc) is 3.12. The number of thioether (sulfide) groups is 1. The predicted octanol–water partition coefficient (Wildman–Crippen LogP) is 2.42. The number of nitrogens with zero attached hydrogens (tertiary/aromatic N) is 3. The Morgan fingerprint density at radius 3 is 2.53 bits per heavy atom. The Morgan fingerprint density at radius 1 is 1.13 bits per heavy atom. The van der Waals surface area contributed by atoms with Crippen LogP contribution in [0.3, 0.4) is 0 Å². The number of hydrogen-bond donors (Lipinski definition) is 1. The van der Waals surface area contributed by atoms with Gasteiger partial charge in [0, 0.05) is 18.8 Å². The molecule has 3 aromatic rings. The Balaban J connectivity index is 1.47. The zero-order chi connectivity index (χ0) is 21.1. The number of carbonyl (C=O) groups excluding carboxylic acids is 1. The van der Waals surface area contributed by atoms with E-state index in [4.69, 9.17) is 4.74 Å². The highest BCUT2D eigenvalue weighted by Gasteiger charge is 2.26. The molecule has 30 heavy (non-hydrogen) atoms. The summed E-state index contributed by atoms with van der Waals surface area (Å²) in [5.41, 5.74) is 2.27. The molecule has 4 rings (SSSR count). The van der Waals surface area contributed by atoms with Crippen LogP contribution in [0, 0.1) is 0 Å². The summed E-state index contributed by atoms with van der Waals surface area (Å²) in [7, 11) is -3.56. The van der Waals surface area contributed by atoms with Gasteiger partial charge in [0.25, 0.3) is 0 Å². The summed E-state index contributed by atoms with van der Waals surface area (Å²) in [6.07, 6.45) is 1.92. The smallest absolute Gasteiger partial charge is 0.244 e. The van der Waals surface area contributed by atoms with E-state index in [1.54, 1.807) is 12.1 Å². The molecule has 0 atom stereocenters. The number of imidazole rings is 1. The van der Waals surface area contributed by atoms with Crippen molar-refractivity contribution < 1.29 is 17.9 Å². The lowest BCUT2D eigenvalue weighted by Gasteiger charge is -2.26. The lowest BCUT2D eigenvalue weighted by Crippen LogP contribution is -2.40. The molecule has 1 aliphatic heterocycles. The fourth-order valence-corrected chi connectivity index (χ4v) is 5.33. The van der Waals surface area contributed by atoms with Crippen molar-refractivity contribution >= 4 is 44.4 Å². The van der Waals surface area contributed by atoms with Crippen LogP contribution in [0.25, 0.3) is 11.0 Å². The molecule has 0 spiro atoms. The zero-order valence-corrected chi connectivity index (χ0v) is 18.1. The molecule has 158 valence electrons. The van der Waals surface area contributed by atoms with E-state index >= 15 is 0 Å². The van der Waals surface area contributed by atoms with Gasteiger partial charge >= 0.3 is 0 Å². The summed E-state index contributed by atoms with van der Waals surface area (Å²) < 4.78 is 33.9. The topological polar surface area (TPSA) is 93.5 Å². The minimum atomic E-state index is -3.56. The summed E-state index contributed by atoms with van der Waals surface area (Å²) in [6, 6.07) is 13.9. The van der Waals surface area contributed by atoms with Crippen molar-refractivity contribution in [3.8, 4) is 0 Å². The molecule has 1 fully saturated rings. The van der Waals surface area contributed by atoms with E-state index in [1.165, 1.54) is 28.2 Å². The standard InChI is InChI=1S/C20H22N4O4S2/c1-29-20-22-17-4-2-3-5-18(17)24(20)14-19(25)21-15-6-8-16(9-7-15)30(26,27)23-10-12-28-13-11-23/h2-9H,10-14H2,1H3,(H,21,25). The Morgan fingerprint density at radius 2 is 1.83 bits per heavy atom. The Hall–Kier alpha value is -2.40. The van der Waals surface area contributed by atoms with Crippen LogP contribution < -0.4 is 5.32 Å². The number of sulfonamides is 1. The summed E-state index contributed by atoms with van der Waals surface area (Å²) in [4.78, 5) is 17.4. The zero-order valence-electron chi connectivity index (χ0n) is 16.4. The third-order valence-electron chi connectivity index (χ3n) is 4.85. The molecule has 0 bridgehead atoms. The minimum absolute atomic E-state index is 0.116. The van der Waals surface area contributed by atoms with Crippen molar-refractivity contribution in [2.75, 3.05) is 37.9 Å². The number of para-hydroxylation sites is 2. The van der Waals surface area contributed by atoms with Crippen molar-refractivity contribution in [2.24, 2.45) is 0 Å².